The fourth-order valence-corrected chi connectivity index (χ4v) is 2.49. The van der Waals surface area contributed by atoms with E-state index in [0.29, 0.717) is 18.0 Å². The van der Waals surface area contributed by atoms with Crippen LogP contribution >= 0.6 is 23.2 Å². The van der Waals surface area contributed by atoms with Crippen molar-refractivity contribution in [3.63, 3.8) is 0 Å². The Morgan fingerprint density at radius 3 is 2.75 bits per heavy atom. The summed E-state index contributed by atoms with van der Waals surface area (Å²) in [4.78, 5) is 19.1. The van der Waals surface area contributed by atoms with Crippen LogP contribution in [-0.4, -0.2) is 35.9 Å². The maximum absolute atomic E-state index is 11.8. The van der Waals surface area contributed by atoms with Crippen molar-refractivity contribution < 1.29 is 17.9 Å². The number of amides is 2. The second kappa shape index (κ2) is 9.77. The van der Waals surface area contributed by atoms with Crippen LogP contribution in [0.5, 0.6) is 0 Å². The molecule has 0 aromatic carbocycles. The molecule has 8 nitrogen and oxygen atoms in total. The number of hydrogen-bond donors (Lipinski definition) is 2. The summed E-state index contributed by atoms with van der Waals surface area (Å²) >= 11 is 11.0. The standard InChI is InChI=1S/C13H18Cl2N4O4S/c1-3-23-8-10-7-9(2)16-12(17-10)18-13(20)19-24(21,22)6-4-5-11(14)15/h4,6-7,11H,3,5,8H2,1-2H3,(H2,16,17,18,19,20). The number of sulfonamides is 1. The Morgan fingerprint density at radius 2 is 2.12 bits per heavy atom. The van der Waals surface area contributed by atoms with Gasteiger partial charge in [0.25, 0.3) is 10.0 Å². The van der Waals surface area contributed by atoms with E-state index in [1.807, 2.05) is 6.92 Å². The minimum Gasteiger partial charge on any atom is -0.375 e. The molecule has 0 radical (unpaired) electrons. The maximum atomic E-state index is 11.8. The highest BCUT2D eigenvalue weighted by Gasteiger charge is 2.13. The first-order chi connectivity index (χ1) is 11.2. The topological polar surface area (TPSA) is 110 Å². The number of carbonyl (C=O) groups is 1. The number of anilines is 1. The first-order valence-electron chi connectivity index (χ1n) is 6.92. The number of nitrogens with one attached hydrogen (secondary N) is 2. The second-order valence-corrected chi connectivity index (χ2v) is 7.40. The van der Waals surface area contributed by atoms with Crippen LogP contribution in [-0.2, 0) is 21.4 Å². The van der Waals surface area contributed by atoms with E-state index in [-0.39, 0.29) is 19.0 Å². The van der Waals surface area contributed by atoms with Crippen LogP contribution in [0.2, 0.25) is 0 Å². The van der Waals surface area contributed by atoms with Gasteiger partial charge >= 0.3 is 6.03 Å². The molecule has 1 rings (SSSR count). The van der Waals surface area contributed by atoms with Crippen molar-refractivity contribution in [3.05, 3.63) is 28.9 Å². The van der Waals surface area contributed by atoms with Crippen molar-refractivity contribution in [1.82, 2.24) is 14.7 Å². The number of halogens is 2. The average Bonchev–Trinajstić information content (AvgIpc) is 2.42. The zero-order valence-electron chi connectivity index (χ0n) is 13.1. The Balaban J connectivity index is 2.70. The molecule has 0 aliphatic carbocycles. The third-order valence-corrected chi connectivity index (χ3v) is 3.79. The zero-order chi connectivity index (χ0) is 18.2. The van der Waals surface area contributed by atoms with Crippen LogP contribution < -0.4 is 10.0 Å². The fraction of sp³-hybridized carbons (Fsp3) is 0.462. The van der Waals surface area contributed by atoms with Gasteiger partial charge < -0.3 is 4.74 Å². The monoisotopic (exact) mass is 396 g/mol. The third-order valence-electron chi connectivity index (χ3n) is 2.41. The minimum absolute atomic E-state index is 0.0250. The number of ether oxygens (including phenoxy) is 1. The van der Waals surface area contributed by atoms with E-state index in [0.717, 1.165) is 5.41 Å². The van der Waals surface area contributed by atoms with E-state index < -0.39 is 20.9 Å². The highest BCUT2D eigenvalue weighted by atomic mass is 35.5. The van der Waals surface area contributed by atoms with Gasteiger partial charge in [-0.3, -0.25) is 5.32 Å². The van der Waals surface area contributed by atoms with Crippen LogP contribution in [0, 0.1) is 6.92 Å². The zero-order valence-corrected chi connectivity index (χ0v) is 15.5. The molecule has 0 aliphatic rings. The van der Waals surface area contributed by atoms with Crippen LogP contribution in [0.4, 0.5) is 10.7 Å². The molecule has 0 spiro atoms. The lowest BCUT2D eigenvalue weighted by atomic mass is 10.3. The van der Waals surface area contributed by atoms with Crippen LogP contribution in [0.3, 0.4) is 0 Å². The predicted octanol–water partition coefficient (Wildman–Crippen LogP) is 2.48. The number of hydrogen-bond acceptors (Lipinski definition) is 6. The van der Waals surface area contributed by atoms with E-state index in [9.17, 15) is 13.2 Å². The highest BCUT2D eigenvalue weighted by Crippen LogP contribution is 2.08. The summed E-state index contributed by atoms with van der Waals surface area (Å²) in [5.41, 5.74) is 1.17. The van der Waals surface area contributed by atoms with E-state index in [4.69, 9.17) is 27.9 Å². The summed E-state index contributed by atoms with van der Waals surface area (Å²) in [7, 11) is -3.97. The van der Waals surface area contributed by atoms with Gasteiger partial charge in [0.05, 0.1) is 12.3 Å². The smallest absolute Gasteiger partial charge is 0.335 e. The second-order valence-electron chi connectivity index (χ2n) is 4.56. The molecule has 134 valence electrons. The van der Waals surface area contributed by atoms with Gasteiger partial charge in [0.1, 0.15) is 4.84 Å². The number of rotatable bonds is 8. The molecular formula is C13H18Cl2N4O4S. The van der Waals surface area contributed by atoms with Gasteiger partial charge in [-0.15, -0.1) is 23.2 Å². The van der Waals surface area contributed by atoms with Crippen LogP contribution in [0.25, 0.3) is 0 Å². The van der Waals surface area contributed by atoms with E-state index in [2.05, 4.69) is 15.3 Å². The van der Waals surface area contributed by atoms with Crippen molar-refractivity contribution in [1.29, 1.82) is 0 Å². The van der Waals surface area contributed by atoms with Crippen LogP contribution in [0.15, 0.2) is 17.6 Å². The van der Waals surface area contributed by atoms with Crippen molar-refractivity contribution >= 4 is 45.2 Å². The number of aromatic nitrogens is 2. The van der Waals surface area contributed by atoms with Gasteiger partial charge in [0.15, 0.2) is 0 Å². The molecular weight excluding hydrogens is 379 g/mol. The number of aryl methyl sites for hydroxylation is 1. The fourth-order valence-electron chi connectivity index (χ4n) is 1.55. The lowest BCUT2D eigenvalue weighted by molar-refractivity contribution is 0.131. The lowest BCUT2D eigenvalue weighted by Gasteiger charge is -2.08. The number of allylic oxidation sites excluding steroid dienone is 1. The number of carbonyl (C=O) groups excluding carboxylic acids is 1. The molecule has 24 heavy (non-hydrogen) atoms. The Hall–Kier alpha value is -1.42. The van der Waals surface area contributed by atoms with Crippen molar-refractivity contribution in [2.24, 2.45) is 0 Å². The Bertz CT molecular complexity index is 695. The summed E-state index contributed by atoms with van der Waals surface area (Å²) in [6, 6.07) is 0.716. The third kappa shape index (κ3) is 8.44. The van der Waals surface area contributed by atoms with Gasteiger partial charge in [-0.25, -0.2) is 27.9 Å². The summed E-state index contributed by atoms with van der Waals surface area (Å²) in [6.45, 7) is 4.33. The maximum Gasteiger partial charge on any atom is 0.335 e. The first-order valence-corrected chi connectivity index (χ1v) is 9.34. The Labute approximate surface area is 150 Å². The van der Waals surface area contributed by atoms with Gasteiger partial charge in [0.2, 0.25) is 5.95 Å². The largest absolute Gasteiger partial charge is 0.375 e. The number of alkyl halides is 2. The average molecular weight is 397 g/mol. The molecule has 11 heteroatoms. The number of nitrogens with zero attached hydrogens (tertiary/aromatic N) is 2. The quantitative estimate of drug-likeness (QED) is 0.652. The molecule has 0 aliphatic heterocycles. The molecule has 0 fully saturated rings. The molecule has 2 N–H and O–H groups in total. The molecule has 1 aromatic rings. The molecule has 2 amide bonds. The summed E-state index contributed by atoms with van der Waals surface area (Å²) in [6.07, 6.45) is 1.37. The molecule has 0 unspecified atom stereocenters. The SMILES string of the molecule is CCOCc1cc(C)nc(NC(=O)NS(=O)(=O)C=CCC(Cl)Cl)n1. The minimum atomic E-state index is -3.97. The Kier molecular flexibility index (Phi) is 8.40. The predicted molar refractivity (Wildman–Crippen MR) is 92.4 cm³/mol. The van der Waals surface area contributed by atoms with Crippen molar-refractivity contribution in [2.75, 3.05) is 11.9 Å². The van der Waals surface area contributed by atoms with Gasteiger partial charge in [0, 0.05) is 17.7 Å². The van der Waals surface area contributed by atoms with Crippen molar-refractivity contribution in [3.8, 4) is 0 Å². The summed E-state index contributed by atoms with van der Waals surface area (Å²) < 4.78 is 30.4. The highest BCUT2D eigenvalue weighted by molar-refractivity contribution is 7.92. The van der Waals surface area contributed by atoms with Crippen LogP contribution in [0.1, 0.15) is 24.7 Å². The number of urea groups is 1. The molecule has 0 saturated heterocycles. The van der Waals surface area contributed by atoms with Gasteiger partial charge in [-0.1, -0.05) is 6.08 Å². The normalized spacial score (nSPS) is 11.9. The van der Waals surface area contributed by atoms with Gasteiger partial charge in [-0.05, 0) is 26.3 Å². The molecule has 0 bridgehead atoms. The van der Waals surface area contributed by atoms with Crippen molar-refractivity contribution in [2.45, 2.75) is 31.7 Å². The first kappa shape index (κ1) is 20.6. The van der Waals surface area contributed by atoms with E-state index in [1.165, 1.54) is 6.08 Å². The summed E-state index contributed by atoms with van der Waals surface area (Å²) in [5.74, 6) is -0.0250. The molecule has 1 aromatic heterocycles. The van der Waals surface area contributed by atoms with E-state index in [1.54, 1.807) is 17.7 Å². The summed E-state index contributed by atoms with van der Waals surface area (Å²) in [5, 5.41) is 3.07. The van der Waals surface area contributed by atoms with Gasteiger partial charge in [-0.2, -0.15) is 0 Å². The van der Waals surface area contributed by atoms with E-state index >= 15 is 0 Å². The molecule has 0 saturated carbocycles. The molecule has 1 heterocycles. The Morgan fingerprint density at radius 1 is 1.42 bits per heavy atom. The molecule has 0 atom stereocenters. The lowest BCUT2D eigenvalue weighted by Crippen LogP contribution is -2.33.